The molecule has 0 saturated carbocycles. The van der Waals surface area contributed by atoms with Crippen molar-refractivity contribution in [3.05, 3.63) is 24.2 Å². The second-order valence-electron chi connectivity index (χ2n) is 4.41. The Hall–Kier alpha value is -1.45. The van der Waals surface area contributed by atoms with Crippen LogP contribution in [0, 0.1) is 0 Å². The maximum absolute atomic E-state index is 12.0. The zero-order valence-electron chi connectivity index (χ0n) is 10.3. The van der Waals surface area contributed by atoms with Crippen molar-refractivity contribution in [3.63, 3.8) is 0 Å². The van der Waals surface area contributed by atoms with Crippen molar-refractivity contribution < 1.29 is 9.21 Å². The van der Waals surface area contributed by atoms with E-state index in [4.69, 9.17) is 4.42 Å². The Labute approximate surface area is 102 Å². The highest BCUT2D eigenvalue weighted by molar-refractivity contribution is 5.74. The fourth-order valence-corrected chi connectivity index (χ4v) is 2.38. The number of nitrogens with zero attached hydrogens (tertiary/aromatic N) is 1. The second kappa shape index (κ2) is 5.75. The average molecular weight is 236 g/mol. The van der Waals surface area contributed by atoms with Gasteiger partial charge in [0.05, 0.1) is 12.3 Å². The van der Waals surface area contributed by atoms with Gasteiger partial charge in [-0.3, -0.25) is 0 Å². The van der Waals surface area contributed by atoms with Crippen molar-refractivity contribution >= 4 is 6.03 Å². The largest absolute Gasteiger partial charge is 0.467 e. The molecule has 2 rings (SSSR count). The molecule has 1 unspecified atom stereocenters. The van der Waals surface area contributed by atoms with E-state index in [2.05, 4.69) is 5.32 Å². The summed E-state index contributed by atoms with van der Waals surface area (Å²) >= 11 is 0. The minimum absolute atomic E-state index is 0.0239. The molecule has 0 spiro atoms. The van der Waals surface area contributed by atoms with Crippen LogP contribution in [0.5, 0.6) is 0 Å². The van der Waals surface area contributed by atoms with E-state index < -0.39 is 0 Å². The Morgan fingerprint density at radius 2 is 2.41 bits per heavy atom. The summed E-state index contributed by atoms with van der Waals surface area (Å²) in [7, 11) is 0. The summed E-state index contributed by atoms with van der Waals surface area (Å²) < 4.78 is 5.47. The summed E-state index contributed by atoms with van der Waals surface area (Å²) in [6.07, 6.45) is 6.09. The number of nitrogens with one attached hydrogen (secondary N) is 1. The smallest absolute Gasteiger partial charge is 0.318 e. The van der Waals surface area contributed by atoms with E-state index in [0.29, 0.717) is 6.54 Å². The highest BCUT2D eigenvalue weighted by Crippen LogP contribution is 2.30. The van der Waals surface area contributed by atoms with Crippen LogP contribution in [-0.2, 0) is 0 Å². The van der Waals surface area contributed by atoms with Crippen LogP contribution >= 0.6 is 0 Å². The van der Waals surface area contributed by atoms with Crippen molar-refractivity contribution in [2.24, 2.45) is 0 Å². The number of likely N-dealkylation sites (tertiary alicyclic amines) is 1. The summed E-state index contributed by atoms with van der Waals surface area (Å²) in [6, 6.07) is 3.97. The third kappa shape index (κ3) is 2.81. The lowest BCUT2D eigenvalue weighted by Crippen LogP contribution is -2.42. The van der Waals surface area contributed by atoms with Crippen LogP contribution in [0.25, 0.3) is 0 Å². The van der Waals surface area contributed by atoms with Gasteiger partial charge in [0, 0.05) is 13.1 Å². The molecule has 1 saturated heterocycles. The van der Waals surface area contributed by atoms with Crippen LogP contribution < -0.4 is 5.32 Å². The van der Waals surface area contributed by atoms with Crippen LogP contribution in [0.3, 0.4) is 0 Å². The van der Waals surface area contributed by atoms with Gasteiger partial charge < -0.3 is 14.6 Å². The van der Waals surface area contributed by atoms with Gasteiger partial charge in [0.25, 0.3) is 0 Å². The Bertz CT molecular complexity index is 348. The van der Waals surface area contributed by atoms with Gasteiger partial charge in [-0.15, -0.1) is 0 Å². The Morgan fingerprint density at radius 3 is 3.12 bits per heavy atom. The van der Waals surface area contributed by atoms with Gasteiger partial charge in [-0.25, -0.2) is 4.79 Å². The van der Waals surface area contributed by atoms with Gasteiger partial charge in [-0.05, 0) is 31.9 Å². The summed E-state index contributed by atoms with van der Waals surface area (Å²) in [6.45, 7) is 3.43. The van der Waals surface area contributed by atoms with Crippen molar-refractivity contribution in [2.75, 3.05) is 13.1 Å². The predicted octanol–water partition coefficient (Wildman–Crippen LogP) is 2.93. The average Bonchev–Trinajstić information content (AvgIpc) is 2.73. The predicted molar refractivity (Wildman–Crippen MR) is 65.7 cm³/mol. The molecule has 1 fully saturated rings. The SMILES string of the molecule is CCNC(=O)N1CCCCCC1c1ccco1. The Kier molecular flexibility index (Phi) is 4.07. The molecule has 1 atom stereocenters. The minimum Gasteiger partial charge on any atom is -0.467 e. The van der Waals surface area contributed by atoms with Crippen molar-refractivity contribution in [1.82, 2.24) is 10.2 Å². The zero-order valence-corrected chi connectivity index (χ0v) is 10.3. The third-order valence-corrected chi connectivity index (χ3v) is 3.21. The zero-order chi connectivity index (χ0) is 12.1. The number of furan rings is 1. The molecule has 17 heavy (non-hydrogen) atoms. The van der Waals surface area contributed by atoms with E-state index in [1.165, 1.54) is 6.42 Å². The highest BCUT2D eigenvalue weighted by atomic mass is 16.3. The third-order valence-electron chi connectivity index (χ3n) is 3.21. The van der Waals surface area contributed by atoms with E-state index in [-0.39, 0.29) is 12.1 Å². The molecule has 0 aliphatic carbocycles. The summed E-state index contributed by atoms with van der Waals surface area (Å²) in [5, 5.41) is 2.88. The second-order valence-corrected chi connectivity index (χ2v) is 4.41. The first-order valence-electron chi connectivity index (χ1n) is 6.40. The number of hydrogen-bond donors (Lipinski definition) is 1. The first kappa shape index (κ1) is 12.0. The summed E-state index contributed by atoms with van der Waals surface area (Å²) in [4.78, 5) is 13.9. The summed E-state index contributed by atoms with van der Waals surface area (Å²) in [5.41, 5.74) is 0. The van der Waals surface area contributed by atoms with E-state index in [1.807, 2.05) is 24.0 Å². The summed E-state index contributed by atoms with van der Waals surface area (Å²) in [5.74, 6) is 0.901. The Morgan fingerprint density at radius 1 is 1.53 bits per heavy atom. The molecule has 4 nitrogen and oxygen atoms in total. The maximum Gasteiger partial charge on any atom is 0.318 e. The molecule has 1 aromatic heterocycles. The van der Waals surface area contributed by atoms with Gasteiger partial charge in [-0.1, -0.05) is 12.8 Å². The molecule has 4 heteroatoms. The standard InChI is InChI=1S/C13H20N2O2/c1-2-14-13(16)15-9-5-3-4-7-11(15)12-8-6-10-17-12/h6,8,10-11H,2-5,7,9H2,1H3,(H,14,16). The molecule has 0 bridgehead atoms. The number of urea groups is 1. The molecule has 2 heterocycles. The van der Waals surface area contributed by atoms with Gasteiger partial charge in [-0.2, -0.15) is 0 Å². The molecule has 1 N–H and O–H groups in total. The van der Waals surface area contributed by atoms with Crippen LogP contribution in [0.2, 0.25) is 0 Å². The highest BCUT2D eigenvalue weighted by Gasteiger charge is 2.28. The van der Waals surface area contributed by atoms with E-state index in [9.17, 15) is 4.79 Å². The number of carbonyl (C=O) groups excluding carboxylic acids is 1. The van der Waals surface area contributed by atoms with E-state index in [0.717, 1.165) is 31.6 Å². The number of carbonyl (C=O) groups is 1. The van der Waals surface area contributed by atoms with Crippen LogP contribution in [-0.4, -0.2) is 24.0 Å². The van der Waals surface area contributed by atoms with Gasteiger partial charge >= 0.3 is 6.03 Å². The molecule has 1 aliphatic heterocycles. The first-order chi connectivity index (χ1) is 8.33. The van der Waals surface area contributed by atoms with Crippen molar-refractivity contribution in [2.45, 2.75) is 38.6 Å². The maximum atomic E-state index is 12.0. The topological polar surface area (TPSA) is 45.5 Å². The van der Waals surface area contributed by atoms with Crippen LogP contribution in [0.15, 0.2) is 22.8 Å². The molecule has 1 aromatic rings. The monoisotopic (exact) mass is 236 g/mol. The molecule has 0 aromatic carbocycles. The lowest BCUT2D eigenvalue weighted by atomic mass is 10.1. The molecule has 1 aliphatic rings. The Balaban J connectivity index is 2.15. The molecule has 94 valence electrons. The molecule has 0 radical (unpaired) electrons. The fourth-order valence-electron chi connectivity index (χ4n) is 2.38. The van der Waals surface area contributed by atoms with E-state index >= 15 is 0 Å². The number of amides is 2. The number of rotatable bonds is 2. The quantitative estimate of drug-likeness (QED) is 0.858. The normalized spacial score (nSPS) is 21.0. The fraction of sp³-hybridized carbons (Fsp3) is 0.615. The van der Waals surface area contributed by atoms with Gasteiger partial charge in [0.1, 0.15) is 5.76 Å². The number of hydrogen-bond acceptors (Lipinski definition) is 2. The minimum atomic E-state index is 0.0239. The first-order valence-corrected chi connectivity index (χ1v) is 6.40. The van der Waals surface area contributed by atoms with Crippen molar-refractivity contribution in [3.8, 4) is 0 Å². The molecular weight excluding hydrogens is 216 g/mol. The molecule has 2 amide bonds. The van der Waals surface area contributed by atoms with Crippen LogP contribution in [0.1, 0.15) is 44.4 Å². The van der Waals surface area contributed by atoms with Gasteiger partial charge in [0.2, 0.25) is 0 Å². The molecular formula is C13H20N2O2. The van der Waals surface area contributed by atoms with Crippen LogP contribution in [0.4, 0.5) is 4.79 Å². The van der Waals surface area contributed by atoms with Gasteiger partial charge in [0.15, 0.2) is 0 Å². The lowest BCUT2D eigenvalue weighted by Gasteiger charge is -2.28. The van der Waals surface area contributed by atoms with Crippen molar-refractivity contribution in [1.29, 1.82) is 0 Å². The lowest BCUT2D eigenvalue weighted by molar-refractivity contribution is 0.167. The van der Waals surface area contributed by atoms with E-state index in [1.54, 1.807) is 6.26 Å².